The smallest absolute Gasteiger partial charge is 0.254 e. The maximum absolute atomic E-state index is 14.5. The van der Waals surface area contributed by atoms with E-state index in [0.717, 1.165) is 11.1 Å². The molecule has 2 aromatic carbocycles. The first-order chi connectivity index (χ1) is 16.0. The van der Waals surface area contributed by atoms with Crippen molar-refractivity contribution in [3.63, 3.8) is 0 Å². The molecule has 0 spiro atoms. The van der Waals surface area contributed by atoms with E-state index in [1.807, 2.05) is 22.6 Å². The van der Waals surface area contributed by atoms with Gasteiger partial charge in [0.1, 0.15) is 24.0 Å². The number of benzene rings is 2. The molecule has 168 valence electrons. The Morgan fingerprint density at radius 2 is 2.03 bits per heavy atom. The fourth-order valence-corrected chi connectivity index (χ4v) is 4.80. The van der Waals surface area contributed by atoms with Gasteiger partial charge in [-0.1, -0.05) is 12.1 Å². The van der Waals surface area contributed by atoms with E-state index < -0.39 is 24.1 Å². The minimum absolute atomic E-state index is 0.0790. The molecule has 33 heavy (non-hydrogen) atoms. The second-order valence-electron chi connectivity index (χ2n) is 8.54. The van der Waals surface area contributed by atoms with Crippen molar-refractivity contribution in [2.24, 2.45) is 5.92 Å². The van der Waals surface area contributed by atoms with E-state index in [1.54, 1.807) is 12.4 Å². The third kappa shape index (κ3) is 3.06. The topological polar surface area (TPSA) is 68.5 Å². The van der Waals surface area contributed by atoms with Crippen LogP contribution in [0.1, 0.15) is 45.6 Å². The van der Waals surface area contributed by atoms with Crippen LogP contribution in [0.15, 0.2) is 42.7 Å². The van der Waals surface area contributed by atoms with Crippen LogP contribution in [0.2, 0.25) is 0 Å². The summed E-state index contributed by atoms with van der Waals surface area (Å²) < 4.78 is 48.2. The molecule has 2 aromatic heterocycles. The van der Waals surface area contributed by atoms with Crippen molar-refractivity contribution in [2.45, 2.75) is 24.7 Å². The Labute approximate surface area is 186 Å². The highest BCUT2D eigenvalue weighted by Crippen LogP contribution is 2.52. The molecule has 2 aliphatic rings. The maximum Gasteiger partial charge on any atom is 0.254 e. The molecule has 1 amide bonds. The summed E-state index contributed by atoms with van der Waals surface area (Å²) in [5.41, 5.74) is 3.36. The Morgan fingerprint density at radius 3 is 2.79 bits per heavy atom. The highest BCUT2D eigenvalue weighted by atomic mass is 19.3. The first-order valence-corrected chi connectivity index (χ1v) is 10.7. The van der Waals surface area contributed by atoms with Gasteiger partial charge in [-0.3, -0.25) is 14.2 Å². The largest absolute Gasteiger partial charge is 0.492 e. The van der Waals surface area contributed by atoms with E-state index in [0.29, 0.717) is 41.2 Å². The Balaban J connectivity index is 1.45. The molecule has 1 aliphatic carbocycles. The van der Waals surface area contributed by atoms with Crippen LogP contribution in [0, 0.1) is 11.7 Å². The normalized spacial score (nSPS) is 21.4. The number of carbonyl (C=O) groups excluding carboxylic acids is 1. The third-order valence-electron chi connectivity index (χ3n) is 6.65. The number of nitrogens with one attached hydrogen (secondary N) is 1. The molecule has 0 saturated heterocycles. The van der Waals surface area contributed by atoms with Gasteiger partial charge >= 0.3 is 0 Å². The van der Waals surface area contributed by atoms with Crippen molar-refractivity contribution in [3.05, 3.63) is 71.1 Å². The summed E-state index contributed by atoms with van der Waals surface area (Å²) in [5, 5.41) is 2.45. The van der Waals surface area contributed by atoms with Gasteiger partial charge in [-0.15, -0.1) is 0 Å². The fourth-order valence-electron chi connectivity index (χ4n) is 4.80. The number of alkyl halides is 2. The lowest BCUT2D eigenvalue weighted by atomic mass is 9.97. The molecule has 0 unspecified atom stereocenters. The van der Waals surface area contributed by atoms with Crippen molar-refractivity contribution in [1.82, 2.24) is 19.7 Å². The summed E-state index contributed by atoms with van der Waals surface area (Å²) in [6.07, 6.45) is 1.47. The summed E-state index contributed by atoms with van der Waals surface area (Å²) in [5.74, 6) is -0.749. The quantitative estimate of drug-likeness (QED) is 0.502. The standard InChI is InChI=1S/C24H19F3N4O2/c1-28-24(32)16-6-20-19(7-18(16)25)29-8-12-9-30-23(31(12)20)17-10-33-21-4-11(2-3-13(17)21)14-5-15(14)22(26)27/h2-4,6-9,14-15,17,22H,5,10H2,1H3,(H,28,32)/t14-,15+,17-/m0/s1. The van der Waals surface area contributed by atoms with Gasteiger partial charge < -0.3 is 10.1 Å². The molecule has 3 atom stereocenters. The molecule has 1 fully saturated rings. The zero-order valence-corrected chi connectivity index (χ0v) is 17.6. The summed E-state index contributed by atoms with van der Waals surface area (Å²) in [4.78, 5) is 21.1. The minimum atomic E-state index is -2.31. The van der Waals surface area contributed by atoms with Gasteiger partial charge in [0, 0.05) is 24.6 Å². The molecule has 1 aliphatic heterocycles. The lowest BCUT2D eigenvalue weighted by molar-refractivity contribution is 0.0959. The number of hydrogen-bond acceptors (Lipinski definition) is 4. The Bertz CT molecular complexity index is 1430. The van der Waals surface area contributed by atoms with Gasteiger partial charge in [0.25, 0.3) is 5.91 Å². The van der Waals surface area contributed by atoms with Gasteiger partial charge in [0.2, 0.25) is 6.43 Å². The number of carbonyl (C=O) groups is 1. The monoisotopic (exact) mass is 452 g/mol. The third-order valence-corrected chi connectivity index (χ3v) is 6.65. The van der Waals surface area contributed by atoms with Crippen LogP contribution in [-0.4, -0.2) is 40.4 Å². The first-order valence-electron chi connectivity index (χ1n) is 10.7. The molecular weight excluding hydrogens is 433 g/mol. The van der Waals surface area contributed by atoms with Gasteiger partial charge in [0.05, 0.1) is 40.4 Å². The van der Waals surface area contributed by atoms with Crippen molar-refractivity contribution in [3.8, 4) is 5.75 Å². The number of amides is 1. The van der Waals surface area contributed by atoms with E-state index >= 15 is 0 Å². The van der Waals surface area contributed by atoms with Crippen LogP contribution in [0.5, 0.6) is 5.75 Å². The predicted molar refractivity (Wildman–Crippen MR) is 114 cm³/mol. The molecule has 0 radical (unpaired) electrons. The van der Waals surface area contributed by atoms with Gasteiger partial charge in [-0.2, -0.15) is 0 Å². The van der Waals surface area contributed by atoms with Crippen LogP contribution >= 0.6 is 0 Å². The molecule has 0 bridgehead atoms. The van der Waals surface area contributed by atoms with Crippen LogP contribution < -0.4 is 10.1 Å². The summed E-state index contributed by atoms with van der Waals surface area (Å²) in [7, 11) is 1.44. The molecule has 1 saturated carbocycles. The number of rotatable bonds is 4. The number of hydrogen-bond donors (Lipinski definition) is 1. The molecule has 1 N–H and O–H groups in total. The predicted octanol–water partition coefficient (Wildman–Crippen LogP) is 4.27. The van der Waals surface area contributed by atoms with Crippen molar-refractivity contribution < 1.29 is 22.7 Å². The lowest BCUT2D eigenvalue weighted by Crippen LogP contribution is -2.19. The molecular formula is C24H19F3N4O2. The molecule has 6 nitrogen and oxygen atoms in total. The van der Waals surface area contributed by atoms with Gasteiger partial charge in [-0.25, -0.2) is 18.2 Å². The van der Waals surface area contributed by atoms with Crippen molar-refractivity contribution >= 4 is 22.5 Å². The number of fused-ring (bicyclic) bond motifs is 4. The second-order valence-corrected chi connectivity index (χ2v) is 8.54. The summed E-state index contributed by atoms with van der Waals surface area (Å²) in [6, 6.07) is 8.39. The van der Waals surface area contributed by atoms with Crippen molar-refractivity contribution in [2.75, 3.05) is 13.7 Å². The Morgan fingerprint density at radius 1 is 1.21 bits per heavy atom. The summed E-state index contributed by atoms with van der Waals surface area (Å²) in [6.45, 7) is 0.341. The van der Waals surface area contributed by atoms with Crippen molar-refractivity contribution in [1.29, 1.82) is 0 Å². The molecule has 4 aromatic rings. The van der Waals surface area contributed by atoms with E-state index in [-0.39, 0.29) is 17.4 Å². The van der Waals surface area contributed by atoms with E-state index in [9.17, 15) is 18.0 Å². The van der Waals surface area contributed by atoms with Gasteiger partial charge in [0.15, 0.2) is 0 Å². The zero-order valence-electron chi connectivity index (χ0n) is 17.6. The second kappa shape index (κ2) is 7.19. The highest BCUT2D eigenvalue weighted by Gasteiger charge is 2.45. The lowest BCUT2D eigenvalue weighted by Gasteiger charge is -2.12. The van der Waals surface area contributed by atoms with Crippen LogP contribution in [0.3, 0.4) is 0 Å². The number of imidazole rings is 1. The highest BCUT2D eigenvalue weighted by molar-refractivity contribution is 5.97. The molecule has 9 heteroatoms. The Hall–Kier alpha value is -3.62. The van der Waals surface area contributed by atoms with Crippen LogP contribution in [0.4, 0.5) is 13.2 Å². The van der Waals surface area contributed by atoms with E-state index in [4.69, 9.17) is 4.74 Å². The average Bonchev–Trinajstić information content (AvgIpc) is 3.35. The summed E-state index contributed by atoms with van der Waals surface area (Å²) >= 11 is 0. The molecule has 6 rings (SSSR count). The Kier molecular flexibility index (Phi) is 4.36. The van der Waals surface area contributed by atoms with Gasteiger partial charge in [-0.05, 0) is 30.0 Å². The van der Waals surface area contributed by atoms with Crippen LogP contribution in [-0.2, 0) is 0 Å². The van der Waals surface area contributed by atoms with E-state index in [1.165, 1.54) is 19.2 Å². The first kappa shape index (κ1) is 20.0. The van der Waals surface area contributed by atoms with E-state index in [2.05, 4.69) is 15.3 Å². The fraction of sp³-hybridized carbons (Fsp3) is 0.292. The number of ether oxygens (including phenoxy) is 1. The van der Waals surface area contributed by atoms with Crippen LogP contribution in [0.25, 0.3) is 16.6 Å². The maximum atomic E-state index is 14.5. The minimum Gasteiger partial charge on any atom is -0.492 e. The number of aromatic nitrogens is 3. The average molecular weight is 452 g/mol. The zero-order chi connectivity index (χ0) is 22.9. The number of halogens is 3. The molecule has 3 heterocycles. The SMILES string of the molecule is CNC(=O)c1cc2c(cc1F)ncc1cnc([C@H]3COc4cc([C@@H]5C[C@H]5C(F)F)ccc43)n12. The number of nitrogens with zero attached hydrogens (tertiary/aromatic N) is 3.